The number of carbonyl (C=O) groups is 1. The monoisotopic (exact) mass is 418 g/mol. The van der Waals surface area contributed by atoms with Crippen LogP contribution in [0.25, 0.3) is 22.2 Å². The highest BCUT2D eigenvalue weighted by Gasteiger charge is 2.33. The van der Waals surface area contributed by atoms with Gasteiger partial charge in [-0.25, -0.2) is 18.2 Å². The first-order chi connectivity index (χ1) is 13.8. The van der Waals surface area contributed by atoms with Crippen LogP contribution >= 0.6 is 0 Å². The number of aryl methyl sites for hydroxylation is 1. The van der Waals surface area contributed by atoms with E-state index in [9.17, 15) is 13.2 Å². The Labute approximate surface area is 167 Å². The number of urea groups is 1. The van der Waals surface area contributed by atoms with Crippen molar-refractivity contribution < 1.29 is 17.9 Å². The highest BCUT2D eigenvalue weighted by Crippen LogP contribution is 2.33. The summed E-state index contributed by atoms with van der Waals surface area (Å²) in [6.07, 6.45) is 5.25. The van der Waals surface area contributed by atoms with Crippen LogP contribution in [-0.2, 0) is 16.9 Å². The second-order valence-electron chi connectivity index (χ2n) is 7.14. The van der Waals surface area contributed by atoms with Crippen LogP contribution < -0.4 is 10.1 Å². The number of methoxy groups -OCH3 is 1. The Morgan fingerprint density at radius 3 is 2.79 bits per heavy atom. The first-order valence-electron chi connectivity index (χ1n) is 9.07. The third-order valence-electron chi connectivity index (χ3n) is 5.11. The molecule has 1 aliphatic heterocycles. The molecule has 154 valence electrons. The molecule has 0 spiro atoms. The Bertz CT molecular complexity index is 1180. The van der Waals surface area contributed by atoms with Gasteiger partial charge in [-0.05, 0) is 18.6 Å². The van der Waals surface area contributed by atoms with Crippen molar-refractivity contribution in [3.63, 3.8) is 0 Å². The first kappa shape index (κ1) is 19.2. The van der Waals surface area contributed by atoms with Crippen LogP contribution in [0.4, 0.5) is 10.7 Å². The van der Waals surface area contributed by atoms with E-state index in [0.29, 0.717) is 29.7 Å². The molecule has 4 rings (SSSR count). The van der Waals surface area contributed by atoms with Gasteiger partial charge in [-0.3, -0.25) is 10.00 Å². The van der Waals surface area contributed by atoms with Crippen LogP contribution in [0.5, 0.6) is 5.75 Å². The van der Waals surface area contributed by atoms with Gasteiger partial charge in [0.15, 0.2) is 9.84 Å². The van der Waals surface area contributed by atoms with Gasteiger partial charge in [0.05, 0.1) is 18.6 Å². The summed E-state index contributed by atoms with van der Waals surface area (Å²) < 4.78 is 30.6. The molecule has 3 aromatic rings. The SMILES string of the molecule is COc1ccc(-c2cnn(C)c2)c2nc(NC(=O)N3CC[C@@H](S(C)(=O)=O)C3)[nH]c12. The standard InChI is InChI=1S/C18H22N6O4S/c1-23-9-11(8-19-23)13-4-5-14(28-2)16-15(13)20-17(21-16)22-18(25)24-7-6-12(10-24)29(3,26)27/h4-5,8-9,12H,6-7,10H2,1-3H3,(H2,20,21,22,25)/t12-/m1/s1. The van der Waals surface area contributed by atoms with Crippen molar-refractivity contribution in [1.82, 2.24) is 24.6 Å². The summed E-state index contributed by atoms with van der Waals surface area (Å²) >= 11 is 0. The average Bonchev–Trinajstić information content (AvgIpc) is 3.39. The van der Waals surface area contributed by atoms with Crippen molar-refractivity contribution in [2.75, 3.05) is 31.8 Å². The summed E-state index contributed by atoms with van der Waals surface area (Å²) in [5.74, 6) is 0.862. The second-order valence-corrected chi connectivity index (χ2v) is 9.47. The number of nitrogens with zero attached hydrogens (tertiary/aromatic N) is 4. The lowest BCUT2D eigenvalue weighted by Gasteiger charge is -2.15. The molecule has 0 unspecified atom stereocenters. The summed E-state index contributed by atoms with van der Waals surface area (Å²) in [6.45, 7) is 0.559. The van der Waals surface area contributed by atoms with E-state index in [1.54, 1.807) is 18.0 Å². The number of ether oxygens (including phenoxy) is 1. The molecule has 29 heavy (non-hydrogen) atoms. The minimum atomic E-state index is -3.18. The topological polar surface area (TPSA) is 122 Å². The normalized spacial score (nSPS) is 17.1. The predicted octanol–water partition coefficient (Wildman–Crippen LogP) is 1.62. The van der Waals surface area contributed by atoms with Crippen molar-refractivity contribution in [3.05, 3.63) is 24.5 Å². The maximum Gasteiger partial charge on any atom is 0.324 e. The molecule has 1 aromatic carbocycles. The van der Waals surface area contributed by atoms with Crippen LogP contribution in [0.3, 0.4) is 0 Å². The van der Waals surface area contributed by atoms with E-state index in [2.05, 4.69) is 20.4 Å². The summed E-state index contributed by atoms with van der Waals surface area (Å²) in [6, 6.07) is 3.32. The molecule has 1 saturated heterocycles. The number of rotatable bonds is 4. The number of benzene rings is 1. The summed E-state index contributed by atoms with van der Waals surface area (Å²) in [4.78, 5) is 21.7. The minimum Gasteiger partial charge on any atom is -0.494 e. The number of sulfone groups is 1. The van der Waals surface area contributed by atoms with Crippen LogP contribution in [-0.4, -0.2) is 70.8 Å². The zero-order valence-electron chi connectivity index (χ0n) is 16.3. The molecule has 3 heterocycles. The molecule has 2 N–H and O–H groups in total. The van der Waals surface area contributed by atoms with Gasteiger partial charge in [-0.1, -0.05) is 0 Å². The van der Waals surface area contributed by atoms with E-state index in [0.717, 1.165) is 11.1 Å². The molecule has 0 saturated carbocycles. The van der Waals surface area contributed by atoms with Gasteiger partial charge in [0.1, 0.15) is 16.8 Å². The second kappa shape index (κ2) is 7.07. The van der Waals surface area contributed by atoms with E-state index in [-0.39, 0.29) is 12.5 Å². The summed E-state index contributed by atoms with van der Waals surface area (Å²) in [5.41, 5.74) is 3.03. The Kier molecular flexibility index (Phi) is 4.69. The highest BCUT2D eigenvalue weighted by atomic mass is 32.2. The number of imidazole rings is 1. The zero-order chi connectivity index (χ0) is 20.8. The minimum absolute atomic E-state index is 0.176. The number of fused-ring (bicyclic) bond motifs is 1. The van der Waals surface area contributed by atoms with E-state index in [1.807, 2.05) is 25.4 Å². The quantitative estimate of drug-likeness (QED) is 0.664. The van der Waals surface area contributed by atoms with Crippen molar-refractivity contribution >= 4 is 32.9 Å². The number of anilines is 1. The Morgan fingerprint density at radius 1 is 1.38 bits per heavy atom. The molecular formula is C18H22N6O4S. The number of H-pyrrole nitrogens is 1. The lowest BCUT2D eigenvalue weighted by molar-refractivity contribution is 0.222. The smallest absolute Gasteiger partial charge is 0.324 e. The maximum atomic E-state index is 12.6. The van der Waals surface area contributed by atoms with Crippen LogP contribution in [0, 0.1) is 0 Å². The fourth-order valence-corrected chi connectivity index (χ4v) is 4.52. The molecule has 2 amide bonds. The number of hydrogen-bond acceptors (Lipinski definition) is 6. The number of nitrogens with one attached hydrogen (secondary N) is 2. The number of aromatic nitrogens is 4. The van der Waals surface area contributed by atoms with Gasteiger partial charge in [0, 0.05) is 43.7 Å². The Hall–Kier alpha value is -3.08. The van der Waals surface area contributed by atoms with Crippen molar-refractivity contribution in [2.24, 2.45) is 7.05 Å². The average molecular weight is 418 g/mol. The third-order valence-corrected chi connectivity index (χ3v) is 6.70. The van der Waals surface area contributed by atoms with Crippen LogP contribution in [0.15, 0.2) is 24.5 Å². The molecule has 0 bridgehead atoms. The van der Waals surface area contributed by atoms with Crippen molar-refractivity contribution in [3.8, 4) is 16.9 Å². The van der Waals surface area contributed by atoms with Crippen molar-refractivity contribution in [1.29, 1.82) is 0 Å². The fourth-order valence-electron chi connectivity index (χ4n) is 3.53. The molecule has 1 aliphatic rings. The largest absolute Gasteiger partial charge is 0.494 e. The molecule has 11 heteroatoms. The van der Waals surface area contributed by atoms with Crippen molar-refractivity contribution in [2.45, 2.75) is 11.7 Å². The first-order valence-corrected chi connectivity index (χ1v) is 11.0. The predicted molar refractivity (Wildman–Crippen MR) is 109 cm³/mol. The Morgan fingerprint density at radius 2 is 2.17 bits per heavy atom. The maximum absolute atomic E-state index is 12.6. The molecule has 0 radical (unpaired) electrons. The third kappa shape index (κ3) is 3.65. The number of hydrogen-bond donors (Lipinski definition) is 2. The van der Waals surface area contributed by atoms with E-state index < -0.39 is 21.1 Å². The van der Waals surface area contributed by atoms with Gasteiger partial charge in [-0.15, -0.1) is 0 Å². The van der Waals surface area contributed by atoms with Gasteiger partial charge < -0.3 is 14.6 Å². The number of likely N-dealkylation sites (tertiary alicyclic amines) is 1. The number of aromatic amines is 1. The van der Waals surface area contributed by atoms with E-state index >= 15 is 0 Å². The van der Waals surface area contributed by atoms with Gasteiger partial charge in [0.25, 0.3) is 0 Å². The zero-order valence-corrected chi connectivity index (χ0v) is 17.2. The van der Waals surface area contributed by atoms with Gasteiger partial charge in [0.2, 0.25) is 5.95 Å². The number of amides is 2. The lowest BCUT2D eigenvalue weighted by atomic mass is 10.1. The molecular weight excluding hydrogens is 396 g/mol. The van der Waals surface area contributed by atoms with Gasteiger partial charge >= 0.3 is 6.03 Å². The lowest BCUT2D eigenvalue weighted by Crippen LogP contribution is -2.35. The summed E-state index contributed by atoms with van der Waals surface area (Å²) in [5, 5.41) is 6.40. The fraction of sp³-hybridized carbons (Fsp3) is 0.389. The van der Waals surface area contributed by atoms with Crippen LogP contribution in [0.2, 0.25) is 0 Å². The summed E-state index contributed by atoms with van der Waals surface area (Å²) in [7, 11) is 0.221. The number of carbonyl (C=O) groups excluding carboxylic acids is 1. The van der Waals surface area contributed by atoms with Crippen LogP contribution in [0.1, 0.15) is 6.42 Å². The highest BCUT2D eigenvalue weighted by molar-refractivity contribution is 7.91. The Balaban J connectivity index is 1.63. The van der Waals surface area contributed by atoms with E-state index in [4.69, 9.17) is 4.74 Å². The van der Waals surface area contributed by atoms with Gasteiger partial charge in [-0.2, -0.15) is 5.10 Å². The molecule has 2 aromatic heterocycles. The molecule has 1 fully saturated rings. The molecule has 1 atom stereocenters. The van der Waals surface area contributed by atoms with E-state index in [1.165, 1.54) is 11.2 Å². The molecule has 10 nitrogen and oxygen atoms in total. The molecule has 0 aliphatic carbocycles.